The Morgan fingerprint density at radius 2 is 1.86 bits per heavy atom. The molecule has 1 amide bonds. The van der Waals surface area contributed by atoms with Gasteiger partial charge in [0.15, 0.2) is 10.7 Å². The number of carbonyl (C=O) groups excluding carboxylic acids is 1. The lowest BCUT2D eigenvalue weighted by Crippen LogP contribution is -2.33. The molecule has 3 aromatic rings. The lowest BCUT2D eigenvalue weighted by atomic mass is 9.87. The molecule has 0 aliphatic carbocycles. The third-order valence-corrected chi connectivity index (χ3v) is 4.86. The minimum absolute atomic E-state index is 0.0761. The number of thiocarbonyl (C=S) groups is 1. The number of amides is 1. The van der Waals surface area contributed by atoms with Gasteiger partial charge in [0, 0.05) is 17.7 Å². The van der Waals surface area contributed by atoms with Crippen LogP contribution in [0.15, 0.2) is 46.9 Å². The van der Waals surface area contributed by atoms with Gasteiger partial charge in [0.2, 0.25) is 11.8 Å². The largest absolute Gasteiger partial charge is 0.436 e. The molecule has 0 bridgehead atoms. The SMILES string of the molecule is CCCCC(=O)NC(=S)Nc1ccc2oc(-c3ccc(C(C)(C)C)cc3)nc2c1. The van der Waals surface area contributed by atoms with Crippen LogP contribution in [0.2, 0.25) is 0 Å². The van der Waals surface area contributed by atoms with Gasteiger partial charge in [-0.2, -0.15) is 0 Å². The van der Waals surface area contributed by atoms with E-state index in [0.29, 0.717) is 17.9 Å². The van der Waals surface area contributed by atoms with Gasteiger partial charge in [-0.25, -0.2) is 4.98 Å². The Bertz CT molecular complexity index is 1020. The summed E-state index contributed by atoms with van der Waals surface area (Å²) < 4.78 is 5.91. The highest BCUT2D eigenvalue weighted by molar-refractivity contribution is 7.80. The first-order valence-electron chi connectivity index (χ1n) is 9.88. The van der Waals surface area contributed by atoms with E-state index in [4.69, 9.17) is 16.6 Å². The lowest BCUT2D eigenvalue weighted by Gasteiger charge is -2.18. The molecular weight excluding hydrogens is 382 g/mol. The van der Waals surface area contributed by atoms with Crippen LogP contribution in [0.25, 0.3) is 22.6 Å². The summed E-state index contributed by atoms with van der Waals surface area (Å²) in [6, 6.07) is 13.8. The van der Waals surface area contributed by atoms with E-state index in [1.54, 1.807) is 0 Å². The van der Waals surface area contributed by atoms with E-state index in [1.165, 1.54) is 5.56 Å². The standard InChI is InChI=1S/C23H27N3O2S/c1-5-6-7-20(27)26-22(29)24-17-12-13-19-18(14-17)25-21(28-19)15-8-10-16(11-9-15)23(2,3)4/h8-14H,5-7H2,1-4H3,(H2,24,26,27,29). The maximum absolute atomic E-state index is 11.8. The number of hydrogen-bond acceptors (Lipinski definition) is 4. The topological polar surface area (TPSA) is 67.2 Å². The molecule has 0 aliphatic rings. The number of carbonyl (C=O) groups is 1. The summed E-state index contributed by atoms with van der Waals surface area (Å²) in [5.74, 6) is 0.501. The predicted molar refractivity (Wildman–Crippen MR) is 122 cm³/mol. The first-order valence-corrected chi connectivity index (χ1v) is 10.3. The first-order chi connectivity index (χ1) is 13.8. The molecule has 2 N–H and O–H groups in total. The summed E-state index contributed by atoms with van der Waals surface area (Å²) in [7, 11) is 0. The molecule has 2 aromatic carbocycles. The first kappa shape index (κ1) is 21.0. The Balaban J connectivity index is 1.73. The average molecular weight is 410 g/mol. The fourth-order valence-corrected chi connectivity index (χ4v) is 3.16. The van der Waals surface area contributed by atoms with E-state index in [2.05, 4.69) is 48.5 Å². The van der Waals surface area contributed by atoms with Crippen LogP contribution in [-0.2, 0) is 10.2 Å². The van der Waals surface area contributed by atoms with Crippen LogP contribution >= 0.6 is 12.2 Å². The summed E-state index contributed by atoms with van der Waals surface area (Å²) in [4.78, 5) is 16.4. The minimum Gasteiger partial charge on any atom is -0.436 e. The van der Waals surface area contributed by atoms with Crippen LogP contribution < -0.4 is 10.6 Å². The number of nitrogens with zero attached hydrogens (tertiary/aromatic N) is 1. The molecule has 0 unspecified atom stereocenters. The van der Waals surface area contributed by atoms with E-state index in [-0.39, 0.29) is 16.4 Å². The van der Waals surface area contributed by atoms with Crippen molar-refractivity contribution in [2.24, 2.45) is 0 Å². The Kier molecular flexibility index (Phi) is 6.33. The molecule has 1 heterocycles. The quantitative estimate of drug-likeness (QED) is 0.522. The third-order valence-electron chi connectivity index (χ3n) is 4.65. The Hall–Kier alpha value is -2.73. The van der Waals surface area contributed by atoms with Gasteiger partial charge in [-0.05, 0) is 59.9 Å². The van der Waals surface area contributed by atoms with Crippen molar-refractivity contribution < 1.29 is 9.21 Å². The molecule has 152 valence electrons. The molecule has 1 aromatic heterocycles. The summed E-state index contributed by atoms with van der Waals surface area (Å²) >= 11 is 5.22. The second-order valence-electron chi connectivity index (χ2n) is 8.13. The highest BCUT2D eigenvalue weighted by Crippen LogP contribution is 2.29. The maximum Gasteiger partial charge on any atom is 0.227 e. The Morgan fingerprint density at radius 1 is 1.14 bits per heavy atom. The molecule has 0 saturated carbocycles. The van der Waals surface area contributed by atoms with Gasteiger partial charge in [0.05, 0.1) is 0 Å². The molecular formula is C23H27N3O2S. The van der Waals surface area contributed by atoms with Crippen molar-refractivity contribution in [2.75, 3.05) is 5.32 Å². The molecule has 3 rings (SSSR count). The number of oxazole rings is 1. The molecule has 29 heavy (non-hydrogen) atoms. The van der Waals surface area contributed by atoms with Crippen LogP contribution in [0.1, 0.15) is 52.5 Å². The maximum atomic E-state index is 11.8. The van der Waals surface area contributed by atoms with E-state index in [9.17, 15) is 4.79 Å². The number of unbranched alkanes of at least 4 members (excludes halogenated alkanes) is 1. The van der Waals surface area contributed by atoms with Crippen molar-refractivity contribution in [3.63, 3.8) is 0 Å². The van der Waals surface area contributed by atoms with Gasteiger partial charge in [-0.15, -0.1) is 0 Å². The van der Waals surface area contributed by atoms with Crippen molar-refractivity contribution in [3.05, 3.63) is 48.0 Å². The Morgan fingerprint density at radius 3 is 2.52 bits per heavy atom. The average Bonchev–Trinajstić information content (AvgIpc) is 3.09. The van der Waals surface area contributed by atoms with Gasteiger partial charge < -0.3 is 15.1 Å². The Labute approximate surface area is 176 Å². The number of hydrogen-bond donors (Lipinski definition) is 2. The van der Waals surface area contributed by atoms with Crippen LogP contribution in [0, 0.1) is 0 Å². The fraction of sp³-hybridized carbons (Fsp3) is 0.348. The normalized spacial score (nSPS) is 11.4. The number of anilines is 1. The van der Waals surface area contributed by atoms with Crippen LogP contribution in [0.3, 0.4) is 0 Å². The van der Waals surface area contributed by atoms with Gasteiger partial charge in [-0.3, -0.25) is 4.79 Å². The second-order valence-corrected chi connectivity index (χ2v) is 8.54. The van der Waals surface area contributed by atoms with Gasteiger partial charge >= 0.3 is 0 Å². The zero-order chi connectivity index (χ0) is 21.0. The highest BCUT2D eigenvalue weighted by Gasteiger charge is 2.15. The van der Waals surface area contributed by atoms with Crippen molar-refractivity contribution in [1.29, 1.82) is 0 Å². The van der Waals surface area contributed by atoms with Gasteiger partial charge in [0.25, 0.3) is 0 Å². The summed E-state index contributed by atoms with van der Waals surface area (Å²) in [5.41, 5.74) is 4.47. The van der Waals surface area contributed by atoms with Crippen molar-refractivity contribution in [3.8, 4) is 11.5 Å². The lowest BCUT2D eigenvalue weighted by molar-refractivity contribution is -0.119. The molecule has 0 atom stereocenters. The summed E-state index contributed by atoms with van der Waals surface area (Å²) in [5, 5.41) is 6.01. The van der Waals surface area contributed by atoms with E-state index >= 15 is 0 Å². The molecule has 6 heteroatoms. The number of fused-ring (bicyclic) bond motifs is 1. The number of rotatable bonds is 5. The number of nitrogens with one attached hydrogen (secondary N) is 2. The van der Waals surface area contributed by atoms with Gasteiger partial charge in [0.1, 0.15) is 5.52 Å². The third kappa shape index (κ3) is 5.41. The second kappa shape index (κ2) is 8.74. The molecule has 0 saturated heterocycles. The van der Waals surface area contributed by atoms with Crippen LogP contribution in [0.5, 0.6) is 0 Å². The van der Waals surface area contributed by atoms with E-state index < -0.39 is 0 Å². The molecule has 0 fully saturated rings. The zero-order valence-electron chi connectivity index (χ0n) is 17.3. The molecule has 0 spiro atoms. The fourth-order valence-electron chi connectivity index (χ4n) is 2.93. The predicted octanol–water partition coefficient (Wildman–Crippen LogP) is 5.80. The van der Waals surface area contributed by atoms with E-state index in [1.807, 2.05) is 37.3 Å². The van der Waals surface area contributed by atoms with Crippen molar-refractivity contribution in [2.45, 2.75) is 52.4 Å². The molecule has 0 aliphatic heterocycles. The van der Waals surface area contributed by atoms with Crippen molar-refractivity contribution in [1.82, 2.24) is 10.3 Å². The minimum atomic E-state index is -0.0761. The van der Waals surface area contributed by atoms with Gasteiger partial charge in [-0.1, -0.05) is 46.2 Å². The zero-order valence-corrected chi connectivity index (χ0v) is 18.2. The smallest absolute Gasteiger partial charge is 0.227 e. The molecule has 0 radical (unpaired) electrons. The number of aromatic nitrogens is 1. The van der Waals surface area contributed by atoms with Crippen LogP contribution in [0.4, 0.5) is 5.69 Å². The summed E-state index contributed by atoms with van der Waals surface area (Å²) in [6.45, 7) is 8.61. The molecule has 5 nitrogen and oxygen atoms in total. The monoisotopic (exact) mass is 409 g/mol. The van der Waals surface area contributed by atoms with Crippen LogP contribution in [-0.4, -0.2) is 16.0 Å². The summed E-state index contributed by atoms with van der Waals surface area (Å²) in [6.07, 6.45) is 2.29. The van der Waals surface area contributed by atoms with E-state index in [0.717, 1.165) is 29.6 Å². The highest BCUT2D eigenvalue weighted by atomic mass is 32.1. The number of benzene rings is 2. The van der Waals surface area contributed by atoms with Crippen molar-refractivity contribution >= 4 is 40.0 Å².